The Morgan fingerprint density at radius 3 is 2.76 bits per heavy atom. The van der Waals surface area contributed by atoms with E-state index in [1.54, 1.807) is 6.20 Å². The third kappa shape index (κ3) is 3.75. The molecule has 4 rings (SSSR count). The summed E-state index contributed by atoms with van der Waals surface area (Å²) in [6.45, 7) is 2.48. The van der Waals surface area contributed by atoms with Crippen LogP contribution in [0.5, 0.6) is 0 Å². The highest BCUT2D eigenvalue weighted by atomic mass is 19.4. The van der Waals surface area contributed by atoms with Crippen molar-refractivity contribution in [3.63, 3.8) is 0 Å². The zero-order chi connectivity index (χ0) is 20.6. The summed E-state index contributed by atoms with van der Waals surface area (Å²) in [5.74, 6) is 0.572. The van der Waals surface area contributed by atoms with Crippen LogP contribution in [0.2, 0.25) is 0 Å². The minimum atomic E-state index is -4.87. The lowest BCUT2D eigenvalue weighted by Gasteiger charge is -2.25. The molecule has 3 aromatic rings. The molecule has 0 spiro atoms. The first-order valence-corrected chi connectivity index (χ1v) is 9.18. The summed E-state index contributed by atoms with van der Waals surface area (Å²) < 4.78 is 41.0. The van der Waals surface area contributed by atoms with Gasteiger partial charge in [0, 0.05) is 18.8 Å². The molecule has 0 aliphatic carbocycles. The number of hydrogen-bond donors (Lipinski definition) is 3. The van der Waals surface area contributed by atoms with Crippen molar-refractivity contribution in [2.75, 3.05) is 18.4 Å². The summed E-state index contributed by atoms with van der Waals surface area (Å²) in [6, 6.07) is 0.230. The number of piperidine rings is 1. The fourth-order valence-corrected chi connectivity index (χ4v) is 3.22. The number of halogens is 3. The van der Waals surface area contributed by atoms with E-state index in [4.69, 9.17) is 0 Å². The smallest absolute Gasteiger partial charge is 0.375 e. The molecule has 8 nitrogen and oxygen atoms in total. The predicted octanol–water partition coefficient (Wildman–Crippen LogP) is 2.12. The molecule has 0 amide bonds. The van der Waals surface area contributed by atoms with Crippen LogP contribution in [0.25, 0.3) is 17.0 Å². The highest BCUT2D eigenvalue weighted by Crippen LogP contribution is 2.37. The molecular weight excluding hydrogens is 387 g/mol. The van der Waals surface area contributed by atoms with Gasteiger partial charge in [0.05, 0.1) is 36.2 Å². The van der Waals surface area contributed by atoms with E-state index in [1.807, 2.05) is 0 Å². The highest BCUT2D eigenvalue weighted by Gasteiger charge is 2.52. The van der Waals surface area contributed by atoms with Crippen molar-refractivity contribution < 1.29 is 18.3 Å². The number of nitrogens with zero attached hydrogens (tertiary/aromatic N) is 5. The largest absolute Gasteiger partial charge is 0.422 e. The lowest BCUT2D eigenvalue weighted by molar-refractivity contribution is -0.260. The average Bonchev–Trinajstić information content (AvgIpc) is 3.11. The Hall–Kier alpha value is -2.79. The van der Waals surface area contributed by atoms with Gasteiger partial charge in [-0.2, -0.15) is 13.2 Å². The molecule has 29 heavy (non-hydrogen) atoms. The van der Waals surface area contributed by atoms with Gasteiger partial charge in [0.15, 0.2) is 5.65 Å². The summed E-state index contributed by atoms with van der Waals surface area (Å²) in [5, 5.41) is 16.6. The van der Waals surface area contributed by atoms with Crippen molar-refractivity contribution in [1.29, 1.82) is 0 Å². The van der Waals surface area contributed by atoms with Crippen molar-refractivity contribution in [2.24, 2.45) is 0 Å². The molecule has 1 aliphatic heterocycles. The second-order valence-electron chi connectivity index (χ2n) is 7.19. The number of rotatable bonds is 4. The van der Waals surface area contributed by atoms with Crippen LogP contribution in [0.3, 0.4) is 0 Å². The van der Waals surface area contributed by atoms with E-state index >= 15 is 0 Å². The van der Waals surface area contributed by atoms with Crippen LogP contribution in [-0.4, -0.2) is 54.8 Å². The van der Waals surface area contributed by atoms with Crippen LogP contribution in [0, 0.1) is 0 Å². The Kier molecular flexibility index (Phi) is 4.87. The molecule has 154 valence electrons. The first-order valence-electron chi connectivity index (χ1n) is 9.18. The summed E-state index contributed by atoms with van der Waals surface area (Å²) in [7, 11) is 0. The van der Waals surface area contributed by atoms with Crippen molar-refractivity contribution >= 4 is 11.5 Å². The zero-order valence-corrected chi connectivity index (χ0v) is 15.6. The molecule has 0 aromatic carbocycles. The second kappa shape index (κ2) is 7.23. The third-order valence-electron chi connectivity index (χ3n) is 4.99. The maximum Gasteiger partial charge on any atom is 0.422 e. The lowest BCUT2D eigenvalue weighted by atomic mass is 10.0. The fraction of sp³-hybridized carbons (Fsp3) is 0.444. The number of imidazole rings is 1. The number of nitrogens with one attached hydrogen (secondary N) is 2. The van der Waals surface area contributed by atoms with E-state index in [2.05, 4.69) is 30.6 Å². The summed E-state index contributed by atoms with van der Waals surface area (Å²) in [5.41, 5.74) is -2.41. The maximum absolute atomic E-state index is 13.2. The first-order chi connectivity index (χ1) is 13.8. The number of hydrogen-bond acceptors (Lipinski definition) is 7. The molecule has 1 unspecified atom stereocenters. The number of aromatic nitrogens is 5. The molecule has 4 heterocycles. The molecular formula is C18H20F3N7O. The topological polar surface area (TPSA) is 100 Å². The Morgan fingerprint density at radius 2 is 2.03 bits per heavy atom. The Morgan fingerprint density at radius 1 is 1.21 bits per heavy atom. The number of anilines is 1. The molecule has 0 saturated carbocycles. The van der Waals surface area contributed by atoms with Crippen LogP contribution < -0.4 is 10.6 Å². The monoisotopic (exact) mass is 407 g/mol. The van der Waals surface area contributed by atoms with E-state index in [1.165, 1.54) is 23.0 Å². The average molecular weight is 407 g/mol. The molecule has 3 aromatic heterocycles. The Labute approximate surface area is 164 Å². The van der Waals surface area contributed by atoms with E-state index in [9.17, 15) is 18.3 Å². The van der Waals surface area contributed by atoms with Crippen molar-refractivity contribution in [1.82, 2.24) is 29.7 Å². The number of alkyl halides is 3. The van der Waals surface area contributed by atoms with Gasteiger partial charge < -0.3 is 15.7 Å². The van der Waals surface area contributed by atoms with Gasteiger partial charge in [0.2, 0.25) is 5.60 Å². The second-order valence-corrected chi connectivity index (χ2v) is 7.19. The lowest BCUT2D eigenvalue weighted by Crippen LogP contribution is -2.40. The van der Waals surface area contributed by atoms with E-state index < -0.39 is 17.5 Å². The van der Waals surface area contributed by atoms with Crippen LogP contribution >= 0.6 is 0 Å². The first kappa shape index (κ1) is 19.5. The van der Waals surface area contributed by atoms with Crippen LogP contribution in [-0.2, 0) is 5.60 Å². The van der Waals surface area contributed by atoms with Gasteiger partial charge >= 0.3 is 6.18 Å². The quantitative estimate of drug-likeness (QED) is 0.609. The van der Waals surface area contributed by atoms with Gasteiger partial charge in [0.1, 0.15) is 11.5 Å². The Balaban J connectivity index is 1.69. The van der Waals surface area contributed by atoms with Crippen LogP contribution in [0.15, 0.2) is 31.0 Å². The number of aliphatic hydroxyl groups is 1. The molecule has 11 heteroatoms. The zero-order valence-electron chi connectivity index (χ0n) is 15.6. The Bertz CT molecular complexity index is 1010. The molecule has 3 N–H and O–H groups in total. The van der Waals surface area contributed by atoms with Crippen molar-refractivity contribution in [3.05, 3.63) is 36.7 Å². The van der Waals surface area contributed by atoms with Crippen LogP contribution in [0.4, 0.5) is 19.0 Å². The van der Waals surface area contributed by atoms with E-state index in [-0.39, 0.29) is 6.04 Å². The van der Waals surface area contributed by atoms with Gasteiger partial charge in [-0.1, -0.05) is 0 Å². The number of fused-ring (bicyclic) bond motifs is 1. The minimum absolute atomic E-state index is 0.230. The molecule has 0 radical (unpaired) electrons. The summed E-state index contributed by atoms with van der Waals surface area (Å²) in [6.07, 6.45) is 4.10. The predicted molar refractivity (Wildman–Crippen MR) is 99.2 cm³/mol. The SMILES string of the molecule is C[C@](O)(c1cn2c(-c3cncc(NC4CCCNC4)n3)cnc2cn1)C(F)(F)F. The minimum Gasteiger partial charge on any atom is -0.375 e. The van der Waals surface area contributed by atoms with Gasteiger partial charge in [-0.25, -0.2) is 9.97 Å². The molecule has 1 aliphatic rings. The maximum atomic E-state index is 13.2. The molecule has 1 saturated heterocycles. The third-order valence-corrected chi connectivity index (χ3v) is 4.99. The highest BCUT2D eigenvalue weighted by molar-refractivity contribution is 5.60. The summed E-state index contributed by atoms with van der Waals surface area (Å²) >= 11 is 0. The normalized spacial score (nSPS) is 19.8. The van der Waals surface area contributed by atoms with Gasteiger partial charge in [-0.05, 0) is 26.3 Å². The van der Waals surface area contributed by atoms with E-state index in [0.717, 1.165) is 32.1 Å². The fourth-order valence-electron chi connectivity index (χ4n) is 3.22. The van der Waals surface area contributed by atoms with Gasteiger partial charge in [-0.3, -0.25) is 14.4 Å². The van der Waals surface area contributed by atoms with E-state index in [0.29, 0.717) is 29.8 Å². The summed E-state index contributed by atoms with van der Waals surface area (Å²) in [4.78, 5) is 16.6. The molecule has 1 fully saturated rings. The molecule has 2 atom stereocenters. The van der Waals surface area contributed by atoms with Gasteiger partial charge in [-0.15, -0.1) is 0 Å². The molecule has 0 bridgehead atoms. The van der Waals surface area contributed by atoms with Crippen LogP contribution in [0.1, 0.15) is 25.5 Å². The van der Waals surface area contributed by atoms with Crippen molar-refractivity contribution in [2.45, 2.75) is 37.6 Å². The van der Waals surface area contributed by atoms with Crippen molar-refractivity contribution in [3.8, 4) is 11.4 Å². The van der Waals surface area contributed by atoms with Gasteiger partial charge in [0.25, 0.3) is 0 Å². The standard InChI is InChI=1S/C18H20F3N7O/c1-17(29,18(19,20)21)14-10-28-13(7-25-16(28)9-24-14)12-6-23-8-15(27-12)26-11-3-2-4-22-5-11/h6-11,22,29H,2-5H2,1H3,(H,26,27)/t11?,17-/m0/s1.